The molecule has 0 saturated heterocycles. The summed E-state index contributed by atoms with van der Waals surface area (Å²) < 4.78 is 0. The molecule has 1 rings (SSSR count). The lowest BCUT2D eigenvalue weighted by atomic mass is 10.2. The van der Waals surface area contributed by atoms with E-state index in [1.165, 1.54) is 24.3 Å². The molecule has 0 aliphatic rings. The van der Waals surface area contributed by atoms with Gasteiger partial charge in [-0.25, -0.2) is 0 Å². The van der Waals surface area contributed by atoms with Gasteiger partial charge in [-0.1, -0.05) is 19.1 Å². The van der Waals surface area contributed by atoms with Crippen LogP contribution < -0.4 is 5.32 Å². The molecule has 0 aliphatic carbocycles. The number of carbonyl (C=O) groups excluding carboxylic acids is 1. The predicted octanol–water partition coefficient (Wildman–Crippen LogP) is 1.50. The molecule has 1 amide bonds. The second-order valence-corrected chi connectivity index (χ2v) is 3.98. The minimum Gasteiger partial charge on any atom is -0.394 e. The number of nitrogens with zero attached hydrogens (tertiary/aromatic N) is 1. The first kappa shape index (κ1) is 14.8. The van der Waals surface area contributed by atoms with Gasteiger partial charge in [0.1, 0.15) is 0 Å². The molecule has 0 aromatic heterocycles. The Balaban J connectivity index is 2.68. The highest BCUT2D eigenvalue weighted by molar-refractivity contribution is 5.91. The van der Waals surface area contributed by atoms with Crippen molar-refractivity contribution in [1.29, 1.82) is 0 Å². The van der Waals surface area contributed by atoms with Crippen molar-refractivity contribution in [2.45, 2.75) is 19.4 Å². The molecular weight excluding hydrogens is 248 g/mol. The Bertz CT molecular complexity index is 481. The number of aliphatic hydroxyl groups is 1. The fourth-order valence-electron chi connectivity index (χ4n) is 1.44. The van der Waals surface area contributed by atoms with Gasteiger partial charge in [0.15, 0.2) is 0 Å². The van der Waals surface area contributed by atoms with Gasteiger partial charge in [-0.2, -0.15) is 0 Å². The molecule has 1 aromatic carbocycles. The lowest BCUT2D eigenvalue weighted by Gasteiger charge is -2.11. The van der Waals surface area contributed by atoms with Gasteiger partial charge in [0, 0.05) is 18.2 Å². The van der Waals surface area contributed by atoms with Crippen LogP contribution in [0.5, 0.6) is 0 Å². The molecule has 1 aromatic rings. The van der Waals surface area contributed by atoms with Crippen LogP contribution in [0, 0.1) is 10.1 Å². The Labute approximate surface area is 110 Å². The lowest BCUT2D eigenvalue weighted by Crippen LogP contribution is -2.35. The highest BCUT2D eigenvalue weighted by atomic mass is 16.6. The van der Waals surface area contributed by atoms with Crippen molar-refractivity contribution in [2.24, 2.45) is 0 Å². The summed E-state index contributed by atoms with van der Waals surface area (Å²) in [6, 6.07) is 5.71. The zero-order valence-corrected chi connectivity index (χ0v) is 10.6. The number of rotatable bonds is 6. The van der Waals surface area contributed by atoms with Crippen molar-refractivity contribution in [3.05, 3.63) is 46.0 Å². The molecule has 0 aliphatic heterocycles. The van der Waals surface area contributed by atoms with Gasteiger partial charge in [-0.3, -0.25) is 14.9 Å². The maximum absolute atomic E-state index is 11.5. The normalized spacial score (nSPS) is 12.3. The highest BCUT2D eigenvalue weighted by Gasteiger charge is 2.07. The number of nitro benzene ring substituents is 1. The maximum Gasteiger partial charge on any atom is 0.270 e. The first-order chi connectivity index (χ1) is 9.06. The minimum atomic E-state index is -0.490. The van der Waals surface area contributed by atoms with E-state index < -0.39 is 4.92 Å². The van der Waals surface area contributed by atoms with Crippen molar-refractivity contribution in [3.63, 3.8) is 0 Å². The van der Waals surface area contributed by atoms with E-state index in [9.17, 15) is 14.9 Å². The summed E-state index contributed by atoms with van der Waals surface area (Å²) in [6.07, 6.45) is 3.41. The molecule has 0 saturated carbocycles. The topological polar surface area (TPSA) is 92.5 Å². The molecule has 6 nitrogen and oxygen atoms in total. The third kappa shape index (κ3) is 4.89. The number of nitrogens with one attached hydrogen (secondary N) is 1. The van der Waals surface area contributed by atoms with Crippen molar-refractivity contribution in [1.82, 2.24) is 5.32 Å². The van der Waals surface area contributed by atoms with Crippen LogP contribution in [-0.2, 0) is 4.79 Å². The standard InChI is InChI=1S/C13H16N2O4/c1-2-11(9-16)14-13(17)7-6-10-4-3-5-12(8-10)15(18)19/h3-8,11,16H,2,9H2,1H3,(H,14,17)/b7-6+/t11-/m0/s1. The first-order valence-electron chi connectivity index (χ1n) is 5.90. The van der Waals surface area contributed by atoms with E-state index in [4.69, 9.17) is 5.11 Å². The van der Waals surface area contributed by atoms with Gasteiger partial charge in [-0.05, 0) is 18.1 Å². The number of nitro groups is 1. The summed E-state index contributed by atoms with van der Waals surface area (Å²) in [5.41, 5.74) is 0.547. The fourth-order valence-corrected chi connectivity index (χ4v) is 1.44. The van der Waals surface area contributed by atoms with Crippen LogP contribution in [0.3, 0.4) is 0 Å². The van der Waals surface area contributed by atoms with Crippen molar-refractivity contribution in [2.75, 3.05) is 6.61 Å². The summed E-state index contributed by atoms with van der Waals surface area (Å²) in [5, 5.41) is 22.1. The summed E-state index contributed by atoms with van der Waals surface area (Å²) in [6.45, 7) is 1.73. The zero-order valence-electron chi connectivity index (χ0n) is 10.6. The molecule has 0 bridgehead atoms. The highest BCUT2D eigenvalue weighted by Crippen LogP contribution is 2.13. The second-order valence-electron chi connectivity index (χ2n) is 3.98. The molecule has 6 heteroatoms. The van der Waals surface area contributed by atoms with E-state index in [-0.39, 0.29) is 24.2 Å². The van der Waals surface area contributed by atoms with Crippen LogP contribution >= 0.6 is 0 Å². The van der Waals surface area contributed by atoms with Crippen LogP contribution in [0.4, 0.5) is 5.69 Å². The van der Waals surface area contributed by atoms with E-state index in [0.29, 0.717) is 12.0 Å². The second kappa shape index (κ2) is 7.27. The van der Waals surface area contributed by atoms with Gasteiger partial charge in [-0.15, -0.1) is 0 Å². The summed E-state index contributed by atoms with van der Waals surface area (Å²) >= 11 is 0. The average molecular weight is 264 g/mol. The molecule has 0 fully saturated rings. The molecule has 0 radical (unpaired) electrons. The molecule has 0 heterocycles. The summed E-state index contributed by atoms with van der Waals surface area (Å²) in [7, 11) is 0. The van der Waals surface area contributed by atoms with E-state index in [0.717, 1.165) is 0 Å². The van der Waals surface area contributed by atoms with Crippen molar-refractivity contribution in [3.8, 4) is 0 Å². The number of hydrogen-bond donors (Lipinski definition) is 2. The maximum atomic E-state index is 11.5. The molecule has 2 N–H and O–H groups in total. The summed E-state index contributed by atoms with van der Waals surface area (Å²) in [5.74, 6) is -0.340. The largest absolute Gasteiger partial charge is 0.394 e. The Kier molecular flexibility index (Phi) is 5.69. The molecule has 0 unspecified atom stereocenters. The molecule has 19 heavy (non-hydrogen) atoms. The molecule has 1 atom stereocenters. The predicted molar refractivity (Wildman–Crippen MR) is 71.4 cm³/mol. The number of carbonyl (C=O) groups is 1. The van der Waals surface area contributed by atoms with Crippen LogP contribution in [0.2, 0.25) is 0 Å². The van der Waals surface area contributed by atoms with E-state index in [2.05, 4.69) is 5.32 Å². The van der Waals surface area contributed by atoms with E-state index in [1.807, 2.05) is 6.92 Å². The Morgan fingerprint density at radius 2 is 2.32 bits per heavy atom. The van der Waals surface area contributed by atoms with Crippen LogP contribution in [0.1, 0.15) is 18.9 Å². The third-order valence-corrected chi connectivity index (χ3v) is 2.57. The smallest absolute Gasteiger partial charge is 0.270 e. The lowest BCUT2D eigenvalue weighted by molar-refractivity contribution is -0.384. The van der Waals surface area contributed by atoms with Gasteiger partial charge in [0.2, 0.25) is 5.91 Å². The third-order valence-electron chi connectivity index (χ3n) is 2.57. The van der Waals surface area contributed by atoms with Crippen LogP contribution in [0.15, 0.2) is 30.3 Å². The first-order valence-corrected chi connectivity index (χ1v) is 5.90. The van der Waals surface area contributed by atoms with Gasteiger partial charge in [0.25, 0.3) is 5.69 Å². The van der Waals surface area contributed by atoms with Crippen LogP contribution in [0.25, 0.3) is 6.08 Å². The number of hydrogen-bond acceptors (Lipinski definition) is 4. The average Bonchev–Trinajstić information content (AvgIpc) is 2.42. The van der Waals surface area contributed by atoms with Gasteiger partial charge >= 0.3 is 0 Å². The molecule has 102 valence electrons. The Morgan fingerprint density at radius 3 is 2.89 bits per heavy atom. The monoisotopic (exact) mass is 264 g/mol. The fraction of sp³-hybridized carbons (Fsp3) is 0.308. The number of amides is 1. The molecule has 0 spiro atoms. The van der Waals surface area contributed by atoms with Crippen molar-refractivity contribution >= 4 is 17.7 Å². The quantitative estimate of drug-likeness (QED) is 0.462. The number of aliphatic hydroxyl groups excluding tert-OH is 1. The Hall–Kier alpha value is -2.21. The van der Waals surface area contributed by atoms with Crippen molar-refractivity contribution < 1.29 is 14.8 Å². The van der Waals surface area contributed by atoms with Crippen LogP contribution in [-0.4, -0.2) is 28.6 Å². The molecular formula is C13H16N2O4. The van der Waals surface area contributed by atoms with E-state index >= 15 is 0 Å². The van der Waals surface area contributed by atoms with E-state index in [1.54, 1.807) is 12.1 Å². The van der Waals surface area contributed by atoms with Gasteiger partial charge < -0.3 is 10.4 Å². The summed E-state index contributed by atoms with van der Waals surface area (Å²) in [4.78, 5) is 21.6. The minimum absolute atomic E-state index is 0.0237. The Morgan fingerprint density at radius 1 is 1.58 bits per heavy atom. The number of benzene rings is 1. The SMILES string of the molecule is CC[C@@H](CO)NC(=O)/C=C/c1cccc([N+](=O)[O-])c1. The van der Waals surface area contributed by atoms with Gasteiger partial charge in [0.05, 0.1) is 17.6 Å². The number of non-ortho nitro benzene ring substituents is 1. The zero-order chi connectivity index (χ0) is 14.3.